The van der Waals surface area contributed by atoms with Crippen molar-refractivity contribution in [3.63, 3.8) is 0 Å². The lowest BCUT2D eigenvalue weighted by Crippen LogP contribution is -2.23. The SMILES string of the molecule is COc1ccc(-c2c(C(=O)NCc3ccccc3)noc2-c2ccc3c(c2)OCO3)cc1. The minimum atomic E-state index is -0.324. The summed E-state index contributed by atoms with van der Waals surface area (Å²) in [7, 11) is 1.61. The van der Waals surface area contributed by atoms with Gasteiger partial charge in [-0.2, -0.15) is 0 Å². The molecule has 0 saturated carbocycles. The van der Waals surface area contributed by atoms with E-state index < -0.39 is 0 Å². The molecule has 7 heteroatoms. The maximum Gasteiger partial charge on any atom is 0.274 e. The summed E-state index contributed by atoms with van der Waals surface area (Å²) in [5, 5.41) is 7.05. The predicted molar refractivity (Wildman–Crippen MR) is 118 cm³/mol. The van der Waals surface area contributed by atoms with E-state index in [2.05, 4.69) is 10.5 Å². The predicted octanol–water partition coefficient (Wildman–Crippen LogP) is 4.68. The van der Waals surface area contributed by atoms with Crippen LogP contribution < -0.4 is 19.5 Å². The Bertz CT molecular complexity index is 1250. The van der Waals surface area contributed by atoms with Crippen molar-refractivity contribution in [2.24, 2.45) is 0 Å². The molecule has 32 heavy (non-hydrogen) atoms. The van der Waals surface area contributed by atoms with Crippen molar-refractivity contribution in [1.82, 2.24) is 10.5 Å². The van der Waals surface area contributed by atoms with Crippen molar-refractivity contribution in [3.05, 3.63) is 84.1 Å². The fourth-order valence-electron chi connectivity index (χ4n) is 3.57. The molecule has 0 radical (unpaired) electrons. The summed E-state index contributed by atoms with van der Waals surface area (Å²) < 4.78 is 21.9. The van der Waals surface area contributed by atoms with Gasteiger partial charge in [-0.3, -0.25) is 4.79 Å². The molecule has 1 amide bonds. The van der Waals surface area contributed by atoms with E-state index >= 15 is 0 Å². The van der Waals surface area contributed by atoms with Crippen LogP contribution in [0.15, 0.2) is 77.3 Å². The summed E-state index contributed by atoms with van der Waals surface area (Å²) in [6, 6.07) is 22.6. The Morgan fingerprint density at radius 1 is 0.969 bits per heavy atom. The topological polar surface area (TPSA) is 82.8 Å². The monoisotopic (exact) mass is 428 g/mol. The maximum atomic E-state index is 13.1. The number of nitrogens with zero attached hydrogens (tertiary/aromatic N) is 1. The molecule has 3 aromatic carbocycles. The van der Waals surface area contributed by atoms with E-state index in [1.165, 1.54) is 0 Å². The third kappa shape index (κ3) is 3.76. The van der Waals surface area contributed by atoms with Gasteiger partial charge in [0.25, 0.3) is 5.91 Å². The molecule has 1 aliphatic rings. The molecule has 0 fully saturated rings. The second-order valence-electron chi connectivity index (χ2n) is 7.20. The van der Waals surface area contributed by atoms with Crippen LogP contribution in [0, 0.1) is 0 Å². The van der Waals surface area contributed by atoms with Crippen molar-refractivity contribution < 1.29 is 23.5 Å². The van der Waals surface area contributed by atoms with Gasteiger partial charge in [0.05, 0.1) is 12.7 Å². The first-order valence-corrected chi connectivity index (χ1v) is 10.1. The molecule has 0 spiro atoms. The number of nitrogens with one attached hydrogen (secondary N) is 1. The highest BCUT2D eigenvalue weighted by molar-refractivity contribution is 6.02. The number of carbonyl (C=O) groups is 1. The lowest BCUT2D eigenvalue weighted by Gasteiger charge is -2.08. The lowest BCUT2D eigenvalue weighted by molar-refractivity contribution is 0.0942. The van der Waals surface area contributed by atoms with Gasteiger partial charge in [0.2, 0.25) is 6.79 Å². The molecule has 0 unspecified atom stereocenters. The highest BCUT2D eigenvalue weighted by Gasteiger charge is 2.26. The Morgan fingerprint density at radius 3 is 2.50 bits per heavy atom. The number of benzene rings is 3. The van der Waals surface area contributed by atoms with E-state index in [1.807, 2.05) is 72.8 Å². The van der Waals surface area contributed by atoms with Crippen LogP contribution in [0.3, 0.4) is 0 Å². The number of rotatable bonds is 6. The highest BCUT2D eigenvalue weighted by Crippen LogP contribution is 2.40. The van der Waals surface area contributed by atoms with E-state index in [-0.39, 0.29) is 18.4 Å². The molecule has 0 aliphatic carbocycles. The number of carbonyl (C=O) groups excluding carboxylic acids is 1. The van der Waals surface area contributed by atoms with Gasteiger partial charge in [0.15, 0.2) is 23.0 Å². The van der Waals surface area contributed by atoms with Crippen LogP contribution in [0.1, 0.15) is 16.1 Å². The van der Waals surface area contributed by atoms with Crippen LogP contribution in [0.25, 0.3) is 22.5 Å². The zero-order valence-electron chi connectivity index (χ0n) is 17.3. The molecule has 4 aromatic rings. The molecular formula is C25H20N2O5. The largest absolute Gasteiger partial charge is 0.497 e. The Kier molecular flexibility index (Phi) is 5.21. The summed E-state index contributed by atoms with van der Waals surface area (Å²) >= 11 is 0. The van der Waals surface area contributed by atoms with Gasteiger partial charge in [-0.1, -0.05) is 47.6 Å². The van der Waals surface area contributed by atoms with E-state index in [0.29, 0.717) is 35.1 Å². The van der Waals surface area contributed by atoms with Crippen molar-refractivity contribution in [1.29, 1.82) is 0 Å². The lowest BCUT2D eigenvalue weighted by atomic mass is 9.98. The van der Waals surface area contributed by atoms with Gasteiger partial charge in [0.1, 0.15) is 5.75 Å². The fourth-order valence-corrected chi connectivity index (χ4v) is 3.57. The van der Waals surface area contributed by atoms with Gasteiger partial charge in [-0.05, 0) is 41.5 Å². The fraction of sp³-hybridized carbons (Fsp3) is 0.120. The second kappa shape index (κ2) is 8.47. The Morgan fingerprint density at radius 2 is 1.72 bits per heavy atom. The number of hydrogen-bond acceptors (Lipinski definition) is 6. The number of aromatic nitrogens is 1. The van der Waals surface area contributed by atoms with Crippen molar-refractivity contribution in [2.75, 3.05) is 13.9 Å². The highest BCUT2D eigenvalue weighted by atomic mass is 16.7. The number of methoxy groups -OCH3 is 1. The van der Waals surface area contributed by atoms with Gasteiger partial charge in [-0.25, -0.2) is 0 Å². The van der Waals surface area contributed by atoms with Gasteiger partial charge in [0, 0.05) is 12.1 Å². The van der Waals surface area contributed by atoms with E-state index in [4.69, 9.17) is 18.7 Å². The standard InChI is InChI=1S/C25H20N2O5/c1-29-19-10-7-17(8-11-19)22-23(25(28)26-14-16-5-3-2-4-6-16)27-32-24(22)18-9-12-20-21(13-18)31-15-30-20/h2-13H,14-15H2,1H3,(H,26,28). The van der Waals surface area contributed by atoms with Crippen LogP contribution in [0.4, 0.5) is 0 Å². The molecule has 0 atom stereocenters. The molecule has 1 N–H and O–H groups in total. The minimum absolute atomic E-state index is 0.174. The molecule has 2 heterocycles. The van der Waals surface area contributed by atoms with Crippen LogP contribution in [0.2, 0.25) is 0 Å². The number of fused-ring (bicyclic) bond motifs is 1. The summed E-state index contributed by atoms with van der Waals surface area (Å²) in [5.74, 6) is 2.15. The van der Waals surface area contributed by atoms with E-state index in [0.717, 1.165) is 16.7 Å². The van der Waals surface area contributed by atoms with Crippen LogP contribution in [-0.4, -0.2) is 25.0 Å². The summed E-state index contributed by atoms with van der Waals surface area (Å²) in [5.41, 5.74) is 3.31. The van der Waals surface area contributed by atoms with Gasteiger partial charge in [-0.15, -0.1) is 0 Å². The molecule has 1 aromatic heterocycles. The average molecular weight is 428 g/mol. The maximum absolute atomic E-state index is 13.1. The third-order valence-electron chi connectivity index (χ3n) is 5.22. The zero-order chi connectivity index (χ0) is 21.9. The van der Waals surface area contributed by atoms with Crippen molar-refractivity contribution in [3.8, 4) is 39.7 Å². The quantitative estimate of drug-likeness (QED) is 0.480. The smallest absolute Gasteiger partial charge is 0.274 e. The first-order valence-electron chi connectivity index (χ1n) is 10.1. The number of amides is 1. The summed E-state index contributed by atoms with van der Waals surface area (Å²) in [4.78, 5) is 13.1. The van der Waals surface area contributed by atoms with Crippen LogP contribution in [0.5, 0.6) is 17.2 Å². The molecular weight excluding hydrogens is 408 g/mol. The second-order valence-corrected chi connectivity index (χ2v) is 7.20. The van der Waals surface area contributed by atoms with Crippen molar-refractivity contribution in [2.45, 2.75) is 6.54 Å². The van der Waals surface area contributed by atoms with Crippen molar-refractivity contribution >= 4 is 5.91 Å². The first kappa shape index (κ1) is 19.7. The van der Waals surface area contributed by atoms with Crippen LogP contribution in [-0.2, 0) is 6.54 Å². The Balaban J connectivity index is 1.53. The molecule has 0 saturated heterocycles. The summed E-state index contributed by atoms with van der Waals surface area (Å²) in [6.45, 7) is 0.557. The van der Waals surface area contributed by atoms with E-state index in [9.17, 15) is 4.79 Å². The zero-order valence-corrected chi connectivity index (χ0v) is 17.3. The molecule has 5 rings (SSSR count). The minimum Gasteiger partial charge on any atom is -0.497 e. The molecule has 0 bridgehead atoms. The molecule has 7 nitrogen and oxygen atoms in total. The Hall–Kier alpha value is -4.26. The van der Waals surface area contributed by atoms with Crippen LogP contribution >= 0.6 is 0 Å². The third-order valence-corrected chi connectivity index (χ3v) is 5.22. The first-order chi connectivity index (χ1) is 15.7. The molecule has 160 valence electrons. The Labute approximate surface area is 184 Å². The summed E-state index contributed by atoms with van der Waals surface area (Å²) in [6.07, 6.45) is 0. The van der Waals surface area contributed by atoms with E-state index in [1.54, 1.807) is 7.11 Å². The average Bonchev–Trinajstić information content (AvgIpc) is 3.50. The van der Waals surface area contributed by atoms with Gasteiger partial charge < -0.3 is 24.1 Å². The number of ether oxygens (including phenoxy) is 3. The normalized spacial score (nSPS) is 11.9. The van der Waals surface area contributed by atoms with Gasteiger partial charge >= 0.3 is 0 Å². The molecule has 1 aliphatic heterocycles. The number of hydrogen-bond donors (Lipinski definition) is 1.